The summed E-state index contributed by atoms with van der Waals surface area (Å²) in [6.07, 6.45) is 1.30. The highest BCUT2D eigenvalue weighted by molar-refractivity contribution is 9.10. The van der Waals surface area contributed by atoms with Crippen molar-refractivity contribution >= 4 is 21.9 Å². The van der Waals surface area contributed by atoms with Gasteiger partial charge in [-0.05, 0) is 34.5 Å². The largest absolute Gasteiger partial charge is 0.478 e. The molecule has 1 aromatic heterocycles. The first-order valence-electron chi connectivity index (χ1n) is 5.19. The van der Waals surface area contributed by atoms with Gasteiger partial charge < -0.3 is 5.11 Å². The van der Waals surface area contributed by atoms with Crippen molar-refractivity contribution in [3.05, 3.63) is 51.5 Å². The Morgan fingerprint density at radius 1 is 1.56 bits per heavy atom. The number of hydrogen-bond acceptors (Lipinski definition) is 2. The van der Waals surface area contributed by atoms with Crippen molar-refractivity contribution in [3.8, 4) is 0 Å². The third-order valence-electron chi connectivity index (χ3n) is 2.69. The molecule has 0 aliphatic carbocycles. The summed E-state index contributed by atoms with van der Waals surface area (Å²) < 4.78 is 15.2. The molecule has 0 aliphatic heterocycles. The molecule has 1 aromatic carbocycles. The molecule has 0 saturated carbocycles. The second kappa shape index (κ2) is 4.89. The normalized spacial score (nSPS) is 10.6. The lowest BCUT2D eigenvalue weighted by molar-refractivity contribution is 0.0696. The molecule has 0 fully saturated rings. The minimum atomic E-state index is -1.02. The topological polar surface area (TPSA) is 55.1 Å². The molecule has 0 spiro atoms. The first kappa shape index (κ1) is 12.8. The van der Waals surface area contributed by atoms with Crippen molar-refractivity contribution in [1.29, 1.82) is 0 Å². The van der Waals surface area contributed by atoms with E-state index in [0.717, 1.165) is 0 Å². The Hall–Kier alpha value is -1.69. The van der Waals surface area contributed by atoms with Crippen LogP contribution < -0.4 is 0 Å². The van der Waals surface area contributed by atoms with Gasteiger partial charge in [-0.3, -0.25) is 4.68 Å². The molecular formula is C12H10BrFN2O2. The Morgan fingerprint density at radius 3 is 2.89 bits per heavy atom. The SMILES string of the molecule is Cc1c(C(=O)O)cnn1Cc1cccc(F)c1Br. The molecule has 0 saturated heterocycles. The van der Waals surface area contributed by atoms with Gasteiger partial charge in [0, 0.05) is 0 Å². The fraction of sp³-hybridized carbons (Fsp3) is 0.167. The average Bonchev–Trinajstić information content (AvgIpc) is 2.67. The maximum atomic E-state index is 13.3. The number of halogens is 2. The zero-order valence-corrected chi connectivity index (χ0v) is 11.1. The summed E-state index contributed by atoms with van der Waals surface area (Å²) in [5.74, 6) is -1.37. The van der Waals surface area contributed by atoms with E-state index in [9.17, 15) is 9.18 Å². The summed E-state index contributed by atoms with van der Waals surface area (Å²) in [6, 6.07) is 4.72. The summed E-state index contributed by atoms with van der Waals surface area (Å²) in [7, 11) is 0. The van der Waals surface area contributed by atoms with Gasteiger partial charge in [-0.25, -0.2) is 9.18 Å². The number of rotatable bonds is 3. The van der Waals surface area contributed by atoms with Gasteiger partial charge in [0.05, 0.1) is 22.9 Å². The maximum absolute atomic E-state index is 13.3. The maximum Gasteiger partial charge on any atom is 0.339 e. The van der Waals surface area contributed by atoms with Crippen molar-refractivity contribution in [1.82, 2.24) is 9.78 Å². The van der Waals surface area contributed by atoms with Gasteiger partial charge in [-0.1, -0.05) is 12.1 Å². The number of carboxylic acids is 1. The van der Waals surface area contributed by atoms with Crippen LogP contribution in [0.15, 0.2) is 28.9 Å². The lowest BCUT2D eigenvalue weighted by Gasteiger charge is -2.07. The summed E-state index contributed by atoms with van der Waals surface area (Å²) >= 11 is 3.17. The highest BCUT2D eigenvalue weighted by Gasteiger charge is 2.14. The number of aromatic carboxylic acids is 1. The van der Waals surface area contributed by atoms with E-state index in [4.69, 9.17) is 5.11 Å². The molecule has 0 atom stereocenters. The lowest BCUT2D eigenvalue weighted by atomic mass is 10.2. The molecule has 4 nitrogen and oxygen atoms in total. The quantitative estimate of drug-likeness (QED) is 0.948. The number of carboxylic acid groups (broad SMARTS) is 1. The number of aromatic nitrogens is 2. The molecule has 1 N–H and O–H groups in total. The molecule has 2 rings (SSSR count). The van der Waals surface area contributed by atoms with E-state index < -0.39 is 5.97 Å². The first-order chi connectivity index (χ1) is 8.50. The van der Waals surface area contributed by atoms with Crippen LogP contribution in [-0.2, 0) is 6.54 Å². The third kappa shape index (κ3) is 2.28. The molecule has 6 heteroatoms. The Bertz CT molecular complexity index is 610. The fourth-order valence-electron chi connectivity index (χ4n) is 1.65. The van der Waals surface area contributed by atoms with E-state index in [1.807, 2.05) is 0 Å². The third-order valence-corrected chi connectivity index (χ3v) is 3.57. The van der Waals surface area contributed by atoms with Gasteiger partial charge in [0.2, 0.25) is 0 Å². The molecule has 0 aliphatic rings. The summed E-state index contributed by atoms with van der Waals surface area (Å²) in [6.45, 7) is 1.99. The second-order valence-corrected chi connectivity index (χ2v) is 4.61. The van der Waals surface area contributed by atoms with Crippen LogP contribution in [0.3, 0.4) is 0 Å². The van der Waals surface area contributed by atoms with Gasteiger partial charge in [-0.15, -0.1) is 0 Å². The summed E-state index contributed by atoms with van der Waals surface area (Å²) in [5, 5.41) is 12.9. The van der Waals surface area contributed by atoms with Crippen LogP contribution in [0.2, 0.25) is 0 Å². The minimum absolute atomic E-state index is 0.155. The predicted octanol–water partition coefficient (Wildman–Crippen LogP) is 2.84. The van der Waals surface area contributed by atoms with E-state index >= 15 is 0 Å². The van der Waals surface area contributed by atoms with E-state index in [1.165, 1.54) is 16.9 Å². The molecule has 1 heterocycles. The average molecular weight is 313 g/mol. The van der Waals surface area contributed by atoms with Crippen LogP contribution in [0, 0.1) is 12.7 Å². The molecule has 94 valence electrons. The Morgan fingerprint density at radius 2 is 2.28 bits per heavy atom. The van der Waals surface area contributed by atoms with Crippen LogP contribution in [-0.4, -0.2) is 20.9 Å². The van der Waals surface area contributed by atoms with E-state index in [-0.39, 0.29) is 11.4 Å². The number of nitrogens with zero attached hydrogens (tertiary/aromatic N) is 2. The van der Waals surface area contributed by atoms with Crippen molar-refractivity contribution < 1.29 is 14.3 Å². The molecule has 2 aromatic rings. The monoisotopic (exact) mass is 312 g/mol. The molecule has 0 unspecified atom stereocenters. The number of carbonyl (C=O) groups is 1. The summed E-state index contributed by atoms with van der Waals surface area (Å²) in [4.78, 5) is 10.9. The van der Waals surface area contributed by atoms with E-state index in [0.29, 0.717) is 22.3 Å². The molecule has 0 amide bonds. The molecule has 0 radical (unpaired) electrons. The molecule has 0 bridgehead atoms. The zero-order valence-electron chi connectivity index (χ0n) is 9.52. The Labute approximate surface area is 111 Å². The number of benzene rings is 1. The lowest BCUT2D eigenvalue weighted by Crippen LogP contribution is -2.06. The molecular weight excluding hydrogens is 303 g/mol. The van der Waals surface area contributed by atoms with Gasteiger partial charge in [0.15, 0.2) is 0 Å². The standard InChI is InChI=1S/C12H10BrFN2O2/c1-7-9(12(17)18)5-15-16(7)6-8-3-2-4-10(14)11(8)13/h2-5H,6H2,1H3,(H,17,18). The van der Waals surface area contributed by atoms with Crippen LogP contribution in [0.25, 0.3) is 0 Å². The molecule has 18 heavy (non-hydrogen) atoms. The van der Waals surface area contributed by atoms with Crippen molar-refractivity contribution in [2.24, 2.45) is 0 Å². The first-order valence-corrected chi connectivity index (χ1v) is 5.98. The predicted molar refractivity (Wildman–Crippen MR) is 67.1 cm³/mol. The van der Waals surface area contributed by atoms with Gasteiger partial charge in [0.1, 0.15) is 11.4 Å². The Kier molecular flexibility index (Phi) is 3.47. The fourth-order valence-corrected chi connectivity index (χ4v) is 2.04. The van der Waals surface area contributed by atoms with Crippen molar-refractivity contribution in [3.63, 3.8) is 0 Å². The van der Waals surface area contributed by atoms with Gasteiger partial charge in [0.25, 0.3) is 0 Å². The minimum Gasteiger partial charge on any atom is -0.478 e. The van der Waals surface area contributed by atoms with Crippen LogP contribution in [0.5, 0.6) is 0 Å². The van der Waals surface area contributed by atoms with Gasteiger partial charge in [-0.2, -0.15) is 5.10 Å². The van der Waals surface area contributed by atoms with Crippen LogP contribution in [0.1, 0.15) is 21.6 Å². The Balaban J connectivity index is 2.35. The summed E-state index contributed by atoms with van der Waals surface area (Å²) in [5.41, 5.74) is 1.40. The highest BCUT2D eigenvalue weighted by atomic mass is 79.9. The highest BCUT2D eigenvalue weighted by Crippen LogP contribution is 2.22. The van der Waals surface area contributed by atoms with Gasteiger partial charge >= 0.3 is 5.97 Å². The number of hydrogen-bond donors (Lipinski definition) is 1. The van der Waals surface area contributed by atoms with E-state index in [2.05, 4.69) is 21.0 Å². The smallest absolute Gasteiger partial charge is 0.339 e. The second-order valence-electron chi connectivity index (χ2n) is 3.82. The van der Waals surface area contributed by atoms with E-state index in [1.54, 1.807) is 19.1 Å². The zero-order chi connectivity index (χ0) is 13.3. The van der Waals surface area contributed by atoms with Crippen molar-refractivity contribution in [2.45, 2.75) is 13.5 Å². The van der Waals surface area contributed by atoms with Crippen molar-refractivity contribution in [2.75, 3.05) is 0 Å². The van der Waals surface area contributed by atoms with Crippen LogP contribution in [0.4, 0.5) is 4.39 Å². The van der Waals surface area contributed by atoms with Crippen LogP contribution >= 0.6 is 15.9 Å².